The van der Waals surface area contributed by atoms with Crippen LogP contribution in [0.5, 0.6) is 5.75 Å². The molecule has 0 radical (unpaired) electrons. The summed E-state index contributed by atoms with van der Waals surface area (Å²) in [6.07, 6.45) is 0.156. The maximum absolute atomic E-state index is 12.0. The number of amides is 1. The predicted molar refractivity (Wildman–Crippen MR) is 90.7 cm³/mol. The first-order chi connectivity index (χ1) is 11.0. The highest BCUT2D eigenvalue weighted by atomic mass is 32.1. The summed E-state index contributed by atoms with van der Waals surface area (Å²) in [5, 5.41) is 14.5. The van der Waals surface area contributed by atoms with Gasteiger partial charge in [-0.25, -0.2) is 4.98 Å². The average Bonchev–Trinajstić information content (AvgIpc) is 3.04. The van der Waals surface area contributed by atoms with Gasteiger partial charge in [-0.05, 0) is 36.6 Å². The Morgan fingerprint density at radius 3 is 2.70 bits per heavy atom. The van der Waals surface area contributed by atoms with E-state index in [9.17, 15) is 9.90 Å². The molecule has 1 aromatic heterocycles. The molecule has 5 nitrogen and oxygen atoms in total. The van der Waals surface area contributed by atoms with Gasteiger partial charge >= 0.3 is 0 Å². The second-order valence-corrected chi connectivity index (χ2v) is 6.50. The number of ether oxygens (including phenoxy) is 1. The summed E-state index contributed by atoms with van der Waals surface area (Å²) in [5.74, 6) is 0.893. The second-order valence-electron chi connectivity index (χ2n) is 5.79. The molecule has 1 aromatic carbocycles. The van der Waals surface area contributed by atoms with Crippen LogP contribution in [0.1, 0.15) is 36.3 Å². The maximum atomic E-state index is 12.0. The van der Waals surface area contributed by atoms with E-state index < -0.39 is 6.10 Å². The Bertz CT molecular complexity index is 597. The average molecular weight is 334 g/mol. The Morgan fingerprint density at radius 1 is 1.35 bits per heavy atom. The van der Waals surface area contributed by atoms with E-state index in [1.54, 1.807) is 29.8 Å². The minimum absolute atomic E-state index is 0.196. The number of aliphatic hydroxyl groups excluding tert-OH is 1. The van der Waals surface area contributed by atoms with E-state index >= 15 is 0 Å². The lowest BCUT2D eigenvalue weighted by molar-refractivity contribution is 0.0900. The molecule has 0 bridgehead atoms. The monoisotopic (exact) mass is 334 g/mol. The first-order valence-electron chi connectivity index (χ1n) is 7.60. The Kier molecular flexibility index (Phi) is 6.55. The molecule has 1 unspecified atom stereocenters. The summed E-state index contributed by atoms with van der Waals surface area (Å²) in [6, 6.07) is 6.93. The number of carbonyl (C=O) groups is 1. The van der Waals surface area contributed by atoms with Crippen LogP contribution < -0.4 is 10.1 Å². The van der Waals surface area contributed by atoms with Crippen LogP contribution in [-0.4, -0.2) is 28.6 Å². The van der Waals surface area contributed by atoms with Crippen LogP contribution in [0.4, 0.5) is 0 Å². The lowest BCUT2D eigenvalue weighted by Crippen LogP contribution is -2.32. The molecule has 23 heavy (non-hydrogen) atoms. The number of nitrogens with zero attached hydrogens (tertiary/aromatic N) is 1. The molecular formula is C17H22N2O3S. The first-order valence-corrected chi connectivity index (χ1v) is 8.55. The summed E-state index contributed by atoms with van der Waals surface area (Å²) < 4.78 is 5.60. The van der Waals surface area contributed by atoms with Gasteiger partial charge in [0.2, 0.25) is 0 Å². The van der Waals surface area contributed by atoms with Crippen molar-refractivity contribution in [2.75, 3.05) is 6.54 Å². The van der Waals surface area contributed by atoms with Crippen molar-refractivity contribution in [1.29, 1.82) is 0 Å². The van der Waals surface area contributed by atoms with Crippen LogP contribution >= 0.6 is 11.3 Å². The summed E-state index contributed by atoms with van der Waals surface area (Å²) >= 11 is 1.53. The van der Waals surface area contributed by atoms with Crippen molar-refractivity contribution >= 4 is 17.2 Å². The molecule has 2 rings (SSSR count). The van der Waals surface area contributed by atoms with Crippen LogP contribution in [0, 0.1) is 5.92 Å². The number of aromatic nitrogens is 1. The standard InChI is InChI=1S/C17H22N2O3S/c1-12(2)7-15(20)8-18-17(21)13-3-5-16(6-4-13)22-9-14-10-23-11-19-14/h3-6,10-12,15,20H,7-9H2,1-2H3,(H,18,21). The van der Waals surface area contributed by atoms with E-state index in [2.05, 4.69) is 10.3 Å². The van der Waals surface area contributed by atoms with Crippen molar-refractivity contribution in [3.05, 3.63) is 46.4 Å². The molecule has 1 atom stereocenters. The predicted octanol–water partition coefficient (Wildman–Crippen LogP) is 2.86. The quantitative estimate of drug-likeness (QED) is 0.779. The van der Waals surface area contributed by atoms with Gasteiger partial charge in [-0.3, -0.25) is 4.79 Å². The van der Waals surface area contributed by atoms with Gasteiger partial charge in [-0.2, -0.15) is 0 Å². The second kappa shape index (κ2) is 8.64. The van der Waals surface area contributed by atoms with Crippen LogP contribution in [-0.2, 0) is 6.61 Å². The summed E-state index contributed by atoms with van der Waals surface area (Å²) in [6.45, 7) is 4.75. The first kappa shape index (κ1) is 17.4. The molecular weight excluding hydrogens is 312 g/mol. The van der Waals surface area contributed by atoms with Gasteiger partial charge in [-0.15, -0.1) is 11.3 Å². The molecule has 2 N–H and O–H groups in total. The summed E-state index contributed by atoms with van der Waals surface area (Å²) in [4.78, 5) is 16.2. The highest BCUT2D eigenvalue weighted by molar-refractivity contribution is 7.07. The number of thiazole rings is 1. The topological polar surface area (TPSA) is 71.5 Å². The van der Waals surface area contributed by atoms with Crippen molar-refractivity contribution in [3.63, 3.8) is 0 Å². The molecule has 1 heterocycles. The molecule has 2 aromatic rings. The number of hydrogen-bond donors (Lipinski definition) is 2. The van der Waals surface area contributed by atoms with Crippen LogP contribution in [0.15, 0.2) is 35.2 Å². The fourth-order valence-corrected chi connectivity index (χ4v) is 2.65. The smallest absolute Gasteiger partial charge is 0.251 e. The van der Waals surface area contributed by atoms with E-state index in [1.807, 2.05) is 19.2 Å². The third kappa shape index (κ3) is 6.00. The van der Waals surface area contributed by atoms with E-state index in [0.717, 1.165) is 5.69 Å². The number of rotatable bonds is 8. The van der Waals surface area contributed by atoms with Crippen LogP contribution in [0.25, 0.3) is 0 Å². The number of nitrogens with one attached hydrogen (secondary N) is 1. The van der Waals surface area contributed by atoms with Gasteiger partial charge in [0.15, 0.2) is 0 Å². The molecule has 124 valence electrons. The molecule has 6 heteroatoms. The lowest BCUT2D eigenvalue weighted by Gasteiger charge is -2.14. The number of hydrogen-bond acceptors (Lipinski definition) is 5. The zero-order valence-electron chi connectivity index (χ0n) is 13.4. The van der Waals surface area contributed by atoms with E-state index in [0.29, 0.717) is 30.3 Å². The minimum atomic E-state index is -0.514. The molecule has 0 aliphatic heterocycles. The Labute approximate surface area is 140 Å². The maximum Gasteiger partial charge on any atom is 0.251 e. The molecule has 0 spiro atoms. The largest absolute Gasteiger partial charge is 0.487 e. The Hall–Kier alpha value is -1.92. The van der Waals surface area contributed by atoms with Gasteiger partial charge in [0.1, 0.15) is 12.4 Å². The van der Waals surface area contributed by atoms with Gasteiger partial charge < -0.3 is 15.2 Å². The third-order valence-corrected chi connectivity index (χ3v) is 3.86. The normalized spacial score (nSPS) is 12.2. The fraction of sp³-hybridized carbons (Fsp3) is 0.412. The van der Waals surface area contributed by atoms with Gasteiger partial charge in [0.25, 0.3) is 5.91 Å². The molecule has 0 aliphatic rings. The summed E-state index contributed by atoms with van der Waals surface area (Å²) in [5.41, 5.74) is 3.19. The molecule has 0 fully saturated rings. The van der Waals surface area contributed by atoms with Crippen molar-refractivity contribution in [2.45, 2.75) is 33.0 Å². The van der Waals surface area contributed by atoms with Crippen LogP contribution in [0.2, 0.25) is 0 Å². The highest BCUT2D eigenvalue weighted by Gasteiger charge is 2.10. The number of benzene rings is 1. The molecule has 0 aliphatic carbocycles. The van der Waals surface area contributed by atoms with Crippen LogP contribution in [0.3, 0.4) is 0 Å². The van der Waals surface area contributed by atoms with E-state index in [-0.39, 0.29) is 12.5 Å². The zero-order chi connectivity index (χ0) is 16.7. The molecule has 0 saturated carbocycles. The third-order valence-electron chi connectivity index (χ3n) is 3.23. The van der Waals surface area contributed by atoms with E-state index in [4.69, 9.17) is 4.74 Å². The highest BCUT2D eigenvalue weighted by Crippen LogP contribution is 2.14. The fourth-order valence-electron chi connectivity index (χ4n) is 2.11. The zero-order valence-corrected chi connectivity index (χ0v) is 14.2. The van der Waals surface area contributed by atoms with Crippen molar-refractivity contribution in [3.8, 4) is 5.75 Å². The Morgan fingerprint density at radius 2 is 2.09 bits per heavy atom. The van der Waals surface area contributed by atoms with Crippen molar-refractivity contribution in [1.82, 2.24) is 10.3 Å². The van der Waals surface area contributed by atoms with E-state index in [1.165, 1.54) is 11.3 Å². The van der Waals surface area contributed by atoms with Crippen molar-refractivity contribution in [2.24, 2.45) is 5.92 Å². The van der Waals surface area contributed by atoms with Gasteiger partial charge in [-0.1, -0.05) is 13.8 Å². The summed E-state index contributed by atoms with van der Waals surface area (Å²) in [7, 11) is 0. The molecule has 0 saturated heterocycles. The minimum Gasteiger partial charge on any atom is -0.487 e. The number of carbonyl (C=O) groups excluding carboxylic acids is 1. The van der Waals surface area contributed by atoms with Gasteiger partial charge in [0, 0.05) is 17.5 Å². The Balaban J connectivity index is 1.80. The number of aliphatic hydroxyl groups is 1. The molecule has 1 amide bonds. The van der Waals surface area contributed by atoms with Gasteiger partial charge in [0.05, 0.1) is 17.3 Å². The lowest BCUT2D eigenvalue weighted by atomic mass is 10.1. The van der Waals surface area contributed by atoms with Crippen molar-refractivity contribution < 1.29 is 14.6 Å². The SMILES string of the molecule is CC(C)CC(O)CNC(=O)c1ccc(OCc2cscn2)cc1.